The fourth-order valence-electron chi connectivity index (χ4n) is 4.00. The van der Waals surface area contributed by atoms with Gasteiger partial charge in [-0.2, -0.15) is 4.98 Å². The Kier molecular flexibility index (Phi) is 4.97. The van der Waals surface area contributed by atoms with Crippen LogP contribution >= 0.6 is 11.3 Å². The number of benzene rings is 1. The maximum atomic E-state index is 13.0. The number of aliphatic hydroxyl groups is 1. The fourth-order valence-corrected chi connectivity index (χ4v) is 5.01. The highest BCUT2D eigenvalue weighted by molar-refractivity contribution is 7.21. The molecule has 2 fully saturated rings. The van der Waals surface area contributed by atoms with E-state index in [9.17, 15) is 9.90 Å². The van der Waals surface area contributed by atoms with Crippen molar-refractivity contribution in [2.45, 2.75) is 50.7 Å². The molecule has 29 heavy (non-hydrogen) atoms. The van der Waals surface area contributed by atoms with E-state index in [1.807, 2.05) is 24.3 Å². The number of anilines is 1. The van der Waals surface area contributed by atoms with E-state index >= 15 is 0 Å². The third-order valence-electron chi connectivity index (χ3n) is 5.88. The Balaban J connectivity index is 1.53. The Morgan fingerprint density at radius 2 is 2.07 bits per heavy atom. The number of thiazole rings is 1. The van der Waals surface area contributed by atoms with Gasteiger partial charge in [0.1, 0.15) is 22.5 Å². The molecule has 2 unspecified atom stereocenters. The van der Waals surface area contributed by atoms with Crippen molar-refractivity contribution < 1.29 is 9.84 Å². The number of fused-ring (bicyclic) bond motifs is 1. The standard InChI is InChI=1S/C21H24N4O3S/c26-11-12-8-9-13(10-12)22-18-17(20-23-15-6-1-2-7-16(15)29-20)19(27)25-21(24-18)28-14-4-3-5-14/h1-2,6-7,12-14,26H,3-5,8-11H2,(H2,22,24,25,27). The van der Waals surface area contributed by atoms with Gasteiger partial charge in [-0.15, -0.1) is 11.3 Å². The van der Waals surface area contributed by atoms with Gasteiger partial charge >= 0.3 is 0 Å². The lowest BCUT2D eigenvalue weighted by Crippen LogP contribution is -2.28. The minimum atomic E-state index is -0.243. The number of nitrogens with zero attached hydrogens (tertiary/aromatic N) is 2. The van der Waals surface area contributed by atoms with Gasteiger partial charge in [0.05, 0.1) is 10.2 Å². The number of para-hydroxylation sites is 1. The number of ether oxygens (including phenoxy) is 1. The molecule has 0 aliphatic heterocycles. The van der Waals surface area contributed by atoms with Gasteiger partial charge in [0.2, 0.25) is 0 Å². The molecule has 2 aliphatic carbocycles. The summed E-state index contributed by atoms with van der Waals surface area (Å²) in [4.78, 5) is 25.1. The van der Waals surface area contributed by atoms with Crippen LogP contribution in [0.5, 0.6) is 6.01 Å². The topological polar surface area (TPSA) is 100 Å². The highest BCUT2D eigenvalue weighted by atomic mass is 32.1. The van der Waals surface area contributed by atoms with E-state index in [1.165, 1.54) is 11.3 Å². The molecule has 2 aromatic heterocycles. The van der Waals surface area contributed by atoms with Crippen LogP contribution in [0, 0.1) is 5.92 Å². The predicted octanol–water partition coefficient (Wildman–Crippen LogP) is 3.55. The Bertz CT molecular complexity index is 1040. The number of nitrogens with one attached hydrogen (secondary N) is 2. The van der Waals surface area contributed by atoms with Crippen molar-refractivity contribution in [3.8, 4) is 16.6 Å². The second-order valence-corrected chi connectivity index (χ2v) is 8.99. The Hall–Kier alpha value is -2.45. The predicted molar refractivity (Wildman–Crippen MR) is 114 cm³/mol. The molecule has 0 spiro atoms. The van der Waals surface area contributed by atoms with Crippen molar-refractivity contribution >= 4 is 27.4 Å². The molecule has 0 bridgehead atoms. The Morgan fingerprint density at radius 1 is 1.21 bits per heavy atom. The van der Waals surface area contributed by atoms with E-state index in [2.05, 4.69) is 20.3 Å². The van der Waals surface area contributed by atoms with Crippen LogP contribution in [0.15, 0.2) is 29.1 Å². The van der Waals surface area contributed by atoms with Crippen molar-refractivity contribution in [2.24, 2.45) is 5.92 Å². The summed E-state index contributed by atoms with van der Waals surface area (Å²) in [5.41, 5.74) is 1.08. The fraction of sp³-hybridized carbons (Fsp3) is 0.476. The van der Waals surface area contributed by atoms with E-state index in [1.54, 1.807) is 0 Å². The highest BCUT2D eigenvalue weighted by Gasteiger charge is 2.28. The molecule has 0 amide bonds. The van der Waals surface area contributed by atoms with Crippen LogP contribution in [0.3, 0.4) is 0 Å². The minimum absolute atomic E-state index is 0.129. The number of hydrogen-bond acceptors (Lipinski definition) is 7. The third-order valence-corrected chi connectivity index (χ3v) is 6.93. The first-order chi connectivity index (χ1) is 14.2. The zero-order chi connectivity index (χ0) is 19.8. The van der Waals surface area contributed by atoms with Crippen LogP contribution in [0.25, 0.3) is 20.8 Å². The molecule has 2 saturated carbocycles. The molecule has 0 saturated heterocycles. The van der Waals surface area contributed by atoms with Crippen LogP contribution in [-0.4, -0.2) is 38.8 Å². The molecule has 152 valence electrons. The van der Waals surface area contributed by atoms with Crippen LogP contribution in [-0.2, 0) is 0 Å². The number of aliphatic hydroxyl groups excluding tert-OH is 1. The summed E-state index contributed by atoms with van der Waals surface area (Å²) in [6, 6.07) is 8.30. The number of rotatable bonds is 6. The van der Waals surface area contributed by atoms with Crippen molar-refractivity contribution in [3.63, 3.8) is 0 Å². The summed E-state index contributed by atoms with van der Waals surface area (Å²) >= 11 is 1.49. The first-order valence-corrected chi connectivity index (χ1v) is 11.1. The number of hydrogen-bond donors (Lipinski definition) is 3. The normalized spacial score (nSPS) is 22.0. The molecule has 3 N–H and O–H groups in total. The Morgan fingerprint density at radius 3 is 2.79 bits per heavy atom. The molecule has 7 nitrogen and oxygen atoms in total. The van der Waals surface area contributed by atoms with E-state index in [0.717, 1.165) is 48.7 Å². The van der Waals surface area contributed by atoms with E-state index in [4.69, 9.17) is 4.74 Å². The molecule has 2 atom stereocenters. The van der Waals surface area contributed by atoms with Crippen LogP contribution in [0.2, 0.25) is 0 Å². The van der Waals surface area contributed by atoms with E-state index < -0.39 is 0 Å². The smallest absolute Gasteiger partial charge is 0.298 e. The summed E-state index contributed by atoms with van der Waals surface area (Å²) in [5.74, 6) is 0.816. The average Bonchev–Trinajstić information content (AvgIpc) is 3.30. The highest BCUT2D eigenvalue weighted by Crippen LogP contribution is 2.35. The third kappa shape index (κ3) is 3.74. The van der Waals surface area contributed by atoms with Gasteiger partial charge in [-0.3, -0.25) is 9.78 Å². The molecule has 5 rings (SSSR count). The maximum absolute atomic E-state index is 13.0. The molecule has 8 heteroatoms. The van der Waals surface area contributed by atoms with Crippen LogP contribution in [0.1, 0.15) is 38.5 Å². The summed E-state index contributed by atoms with van der Waals surface area (Å²) in [6.07, 6.45) is 6.04. The zero-order valence-corrected chi connectivity index (χ0v) is 16.9. The lowest BCUT2D eigenvalue weighted by Gasteiger charge is -2.25. The first-order valence-electron chi connectivity index (χ1n) is 10.2. The van der Waals surface area contributed by atoms with Gasteiger partial charge in [-0.25, -0.2) is 4.98 Å². The van der Waals surface area contributed by atoms with E-state index in [-0.39, 0.29) is 30.3 Å². The van der Waals surface area contributed by atoms with Gasteiger partial charge in [-0.1, -0.05) is 12.1 Å². The van der Waals surface area contributed by atoms with Crippen molar-refractivity contribution in [1.82, 2.24) is 15.0 Å². The average molecular weight is 413 g/mol. The van der Waals surface area contributed by atoms with Gasteiger partial charge in [0.15, 0.2) is 0 Å². The van der Waals surface area contributed by atoms with E-state index in [0.29, 0.717) is 22.3 Å². The van der Waals surface area contributed by atoms with Gasteiger partial charge in [-0.05, 0) is 56.6 Å². The molecular weight excluding hydrogens is 388 g/mol. The number of aromatic amines is 1. The summed E-state index contributed by atoms with van der Waals surface area (Å²) in [5, 5.41) is 13.6. The minimum Gasteiger partial charge on any atom is -0.461 e. The quantitative estimate of drug-likeness (QED) is 0.572. The number of H-pyrrole nitrogens is 1. The molecular formula is C21H24N4O3S. The molecule has 2 heterocycles. The second-order valence-electron chi connectivity index (χ2n) is 7.96. The molecule has 3 aromatic rings. The summed E-state index contributed by atoms with van der Waals surface area (Å²) in [7, 11) is 0. The largest absolute Gasteiger partial charge is 0.461 e. The van der Waals surface area contributed by atoms with Gasteiger partial charge < -0.3 is 15.2 Å². The lowest BCUT2D eigenvalue weighted by molar-refractivity contribution is 0.108. The number of aromatic nitrogens is 3. The summed E-state index contributed by atoms with van der Waals surface area (Å²) < 4.78 is 6.90. The molecule has 1 aromatic carbocycles. The lowest BCUT2D eigenvalue weighted by atomic mass is 9.96. The summed E-state index contributed by atoms with van der Waals surface area (Å²) in [6.45, 7) is 0.196. The van der Waals surface area contributed by atoms with Gasteiger partial charge in [0.25, 0.3) is 11.6 Å². The van der Waals surface area contributed by atoms with Crippen molar-refractivity contribution in [3.05, 3.63) is 34.6 Å². The van der Waals surface area contributed by atoms with Crippen molar-refractivity contribution in [1.29, 1.82) is 0 Å². The second kappa shape index (κ2) is 7.76. The van der Waals surface area contributed by atoms with Crippen LogP contribution in [0.4, 0.5) is 5.82 Å². The first kappa shape index (κ1) is 18.6. The van der Waals surface area contributed by atoms with Crippen LogP contribution < -0.4 is 15.6 Å². The van der Waals surface area contributed by atoms with Crippen molar-refractivity contribution in [2.75, 3.05) is 11.9 Å². The SMILES string of the molecule is O=c1[nH]c(OC2CCC2)nc(NC2CCC(CO)C2)c1-c1nc2ccccc2s1. The monoisotopic (exact) mass is 412 g/mol. The zero-order valence-electron chi connectivity index (χ0n) is 16.1. The Labute approximate surface area is 172 Å². The van der Waals surface area contributed by atoms with Gasteiger partial charge in [0, 0.05) is 12.6 Å². The molecule has 2 aliphatic rings. The maximum Gasteiger partial charge on any atom is 0.298 e. The molecule has 0 radical (unpaired) electrons.